The van der Waals surface area contributed by atoms with Gasteiger partial charge in [-0.3, -0.25) is 0 Å². The molecule has 1 aromatic heterocycles. The van der Waals surface area contributed by atoms with E-state index in [4.69, 9.17) is 23.8 Å². The zero-order valence-electron chi connectivity index (χ0n) is 11.8. The number of nitrogens with zero attached hydrogens (tertiary/aromatic N) is 3. The molecular weight excluding hydrogens is 316 g/mol. The smallest absolute Gasteiger partial charge is 0.216 e. The number of H-pyrrole nitrogens is 1. The normalized spacial score (nSPS) is 11.2. The van der Waals surface area contributed by atoms with Gasteiger partial charge in [-0.15, -0.1) is 0 Å². The van der Waals surface area contributed by atoms with E-state index >= 15 is 0 Å². The Labute approximate surface area is 138 Å². The highest BCUT2D eigenvalue weighted by Gasteiger charge is 2.08. The van der Waals surface area contributed by atoms with Gasteiger partial charge in [-0.1, -0.05) is 53.6 Å². The first-order valence-corrected chi connectivity index (χ1v) is 7.46. The second-order valence-corrected chi connectivity index (χ2v) is 5.66. The first kappa shape index (κ1) is 14.7. The summed E-state index contributed by atoms with van der Waals surface area (Å²) in [5.74, 6) is 0.622. The van der Waals surface area contributed by atoms with Crippen LogP contribution in [0.25, 0.3) is 11.4 Å². The van der Waals surface area contributed by atoms with Crippen LogP contribution in [0.4, 0.5) is 0 Å². The van der Waals surface area contributed by atoms with E-state index in [2.05, 4.69) is 15.3 Å². The summed E-state index contributed by atoms with van der Waals surface area (Å²) in [6, 6.07) is 15.5. The largest absolute Gasteiger partial charge is 0.250 e. The van der Waals surface area contributed by atoms with Gasteiger partial charge < -0.3 is 0 Å². The minimum Gasteiger partial charge on any atom is -0.250 e. The van der Waals surface area contributed by atoms with E-state index in [0.717, 1.165) is 11.1 Å². The average Bonchev–Trinajstić information content (AvgIpc) is 2.86. The molecule has 0 saturated heterocycles. The molecule has 0 aliphatic carbocycles. The summed E-state index contributed by atoms with van der Waals surface area (Å²) in [7, 11) is 0. The van der Waals surface area contributed by atoms with Crippen LogP contribution in [0.3, 0.4) is 0 Å². The minimum atomic E-state index is 0.430. The summed E-state index contributed by atoms with van der Waals surface area (Å²) in [6.07, 6.45) is 1.76. The van der Waals surface area contributed by atoms with E-state index in [1.54, 1.807) is 10.9 Å². The molecule has 0 aliphatic rings. The molecule has 2 aromatic carbocycles. The molecule has 0 atom stereocenters. The Kier molecular flexibility index (Phi) is 4.18. The van der Waals surface area contributed by atoms with Gasteiger partial charge >= 0.3 is 0 Å². The van der Waals surface area contributed by atoms with Crippen molar-refractivity contribution in [1.29, 1.82) is 0 Å². The number of aryl methyl sites for hydroxylation is 1. The number of halogens is 1. The number of aromatic amines is 1. The molecule has 0 spiro atoms. The highest BCUT2D eigenvalue weighted by Crippen LogP contribution is 2.21. The van der Waals surface area contributed by atoms with E-state index in [9.17, 15) is 0 Å². The Bertz CT molecular complexity index is 895. The van der Waals surface area contributed by atoms with Crippen LogP contribution in [0.15, 0.2) is 53.6 Å². The van der Waals surface area contributed by atoms with E-state index in [1.165, 1.54) is 5.56 Å². The maximum absolute atomic E-state index is 6.03. The number of benzene rings is 2. The number of hydrogen-bond donors (Lipinski definition) is 1. The first-order chi connectivity index (χ1) is 10.6. The molecule has 0 saturated carbocycles. The van der Waals surface area contributed by atoms with Crippen molar-refractivity contribution in [2.75, 3.05) is 0 Å². The van der Waals surface area contributed by atoms with Gasteiger partial charge in [-0.2, -0.15) is 14.9 Å². The van der Waals surface area contributed by atoms with E-state index in [-0.39, 0.29) is 0 Å². The fourth-order valence-electron chi connectivity index (χ4n) is 2.09. The van der Waals surface area contributed by atoms with Crippen LogP contribution in [0, 0.1) is 11.7 Å². The van der Waals surface area contributed by atoms with Gasteiger partial charge in [0.25, 0.3) is 0 Å². The average molecular weight is 329 g/mol. The second-order valence-electron chi connectivity index (χ2n) is 4.83. The van der Waals surface area contributed by atoms with Gasteiger partial charge in [0.1, 0.15) is 0 Å². The Morgan fingerprint density at radius 1 is 1.23 bits per heavy atom. The van der Waals surface area contributed by atoms with Crippen molar-refractivity contribution in [2.24, 2.45) is 5.10 Å². The predicted octanol–water partition coefficient (Wildman–Crippen LogP) is 4.45. The molecule has 0 unspecified atom stereocenters. The van der Waals surface area contributed by atoms with Gasteiger partial charge in [0.15, 0.2) is 5.82 Å². The molecule has 0 amide bonds. The summed E-state index contributed by atoms with van der Waals surface area (Å²) in [5.41, 5.74) is 3.02. The Balaban J connectivity index is 2.01. The van der Waals surface area contributed by atoms with Crippen molar-refractivity contribution >= 4 is 30.0 Å². The molecule has 6 heteroatoms. The lowest BCUT2D eigenvalue weighted by atomic mass is 10.2. The van der Waals surface area contributed by atoms with E-state index in [1.807, 2.05) is 55.5 Å². The molecule has 1 heterocycles. The third-order valence-electron chi connectivity index (χ3n) is 3.10. The third-order valence-corrected chi connectivity index (χ3v) is 3.60. The molecule has 0 aliphatic heterocycles. The summed E-state index contributed by atoms with van der Waals surface area (Å²) < 4.78 is 2.02. The standard InChI is InChI=1S/C16H13ClN4S/c1-11-4-2-5-12(8-11)10-18-21-15(19-20-16(21)22)13-6-3-7-14(17)9-13/h2-10H,1H3,(H,20,22)/b18-10+. The molecular formula is C16H13ClN4S. The van der Waals surface area contributed by atoms with Gasteiger partial charge in [-0.25, -0.2) is 5.10 Å². The van der Waals surface area contributed by atoms with Crippen LogP contribution in [0.2, 0.25) is 5.02 Å². The molecule has 3 rings (SSSR count). The number of nitrogens with one attached hydrogen (secondary N) is 1. The molecule has 0 radical (unpaired) electrons. The highest BCUT2D eigenvalue weighted by molar-refractivity contribution is 7.71. The SMILES string of the molecule is Cc1cccc(/C=N/n2c(-c3cccc(Cl)c3)n[nH]c2=S)c1. The summed E-state index contributed by atoms with van der Waals surface area (Å²) in [5, 5.41) is 12.1. The first-order valence-electron chi connectivity index (χ1n) is 6.68. The maximum atomic E-state index is 6.03. The summed E-state index contributed by atoms with van der Waals surface area (Å²) >= 11 is 11.3. The van der Waals surface area contributed by atoms with Crippen LogP contribution in [-0.2, 0) is 0 Å². The maximum Gasteiger partial charge on any atom is 0.216 e. The summed E-state index contributed by atoms with van der Waals surface area (Å²) in [4.78, 5) is 0. The molecule has 1 N–H and O–H groups in total. The van der Waals surface area contributed by atoms with Crippen LogP contribution in [-0.4, -0.2) is 21.1 Å². The van der Waals surface area contributed by atoms with Crippen molar-refractivity contribution < 1.29 is 0 Å². The monoisotopic (exact) mass is 328 g/mol. The van der Waals surface area contributed by atoms with Crippen molar-refractivity contribution in [3.8, 4) is 11.4 Å². The molecule has 22 heavy (non-hydrogen) atoms. The number of aromatic nitrogens is 3. The lowest BCUT2D eigenvalue weighted by Crippen LogP contribution is -1.95. The quantitative estimate of drug-likeness (QED) is 0.570. The van der Waals surface area contributed by atoms with Crippen molar-refractivity contribution in [1.82, 2.24) is 14.9 Å². The number of hydrogen-bond acceptors (Lipinski definition) is 3. The second kappa shape index (κ2) is 6.25. The summed E-state index contributed by atoms with van der Waals surface area (Å²) in [6.45, 7) is 2.04. The van der Waals surface area contributed by atoms with E-state index in [0.29, 0.717) is 15.6 Å². The lowest BCUT2D eigenvalue weighted by molar-refractivity contribution is 0.871. The van der Waals surface area contributed by atoms with Crippen LogP contribution in [0.1, 0.15) is 11.1 Å². The van der Waals surface area contributed by atoms with Gasteiger partial charge in [-0.05, 0) is 36.8 Å². The molecule has 0 fully saturated rings. The lowest BCUT2D eigenvalue weighted by Gasteiger charge is -2.01. The molecule has 0 bridgehead atoms. The Morgan fingerprint density at radius 2 is 2.05 bits per heavy atom. The zero-order chi connectivity index (χ0) is 15.5. The predicted molar refractivity (Wildman–Crippen MR) is 92.0 cm³/mol. The number of rotatable bonds is 3. The van der Waals surface area contributed by atoms with E-state index < -0.39 is 0 Å². The third kappa shape index (κ3) is 3.16. The topological polar surface area (TPSA) is 46.0 Å². The molecule has 110 valence electrons. The van der Waals surface area contributed by atoms with Crippen LogP contribution < -0.4 is 0 Å². The Morgan fingerprint density at radius 3 is 2.82 bits per heavy atom. The fraction of sp³-hybridized carbons (Fsp3) is 0.0625. The highest BCUT2D eigenvalue weighted by atomic mass is 35.5. The Hall–Kier alpha value is -2.24. The fourth-order valence-corrected chi connectivity index (χ4v) is 2.46. The molecule has 3 aromatic rings. The van der Waals surface area contributed by atoms with Crippen molar-refractivity contribution in [2.45, 2.75) is 6.92 Å². The van der Waals surface area contributed by atoms with Gasteiger partial charge in [0.05, 0.1) is 6.21 Å². The van der Waals surface area contributed by atoms with Crippen molar-refractivity contribution in [3.63, 3.8) is 0 Å². The van der Waals surface area contributed by atoms with Gasteiger partial charge in [0, 0.05) is 10.6 Å². The zero-order valence-corrected chi connectivity index (χ0v) is 13.4. The van der Waals surface area contributed by atoms with Crippen LogP contribution in [0.5, 0.6) is 0 Å². The van der Waals surface area contributed by atoms with Gasteiger partial charge in [0.2, 0.25) is 4.77 Å². The molecule has 4 nitrogen and oxygen atoms in total. The van der Waals surface area contributed by atoms with Crippen molar-refractivity contribution in [3.05, 3.63) is 69.5 Å². The minimum absolute atomic E-state index is 0.430. The van der Waals surface area contributed by atoms with Crippen LogP contribution >= 0.6 is 23.8 Å².